The maximum atomic E-state index is 13.0. The molecule has 5 nitrogen and oxygen atoms in total. The van der Waals surface area contributed by atoms with Crippen LogP contribution in [0.4, 0.5) is 19.3 Å². The van der Waals surface area contributed by atoms with Gasteiger partial charge >= 0.3 is 12.0 Å². The molecule has 0 heterocycles. The maximum absolute atomic E-state index is 13.0. The predicted molar refractivity (Wildman–Crippen MR) is 69.4 cm³/mol. The largest absolute Gasteiger partial charge is 0.481 e. The number of anilines is 1. The molecular weight excluding hydrogens is 270 g/mol. The molecule has 1 aromatic carbocycles. The second kappa shape index (κ2) is 6.83. The summed E-state index contributed by atoms with van der Waals surface area (Å²) in [5.74, 6) is -3.36. The predicted octanol–water partition coefficient (Wildman–Crippen LogP) is 2.54. The number of amides is 2. The van der Waals surface area contributed by atoms with Gasteiger partial charge in [-0.15, -0.1) is 0 Å². The minimum atomic E-state index is -1.02. The Labute approximate surface area is 115 Å². The third kappa shape index (κ3) is 4.49. The van der Waals surface area contributed by atoms with Crippen molar-refractivity contribution in [3.05, 3.63) is 29.8 Å². The van der Waals surface area contributed by atoms with Crippen LogP contribution < -0.4 is 5.32 Å². The van der Waals surface area contributed by atoms with Crippen molar-refractivity contribution in [1.82, 2.24) is 4.90 Å². The topological polar surface area (TPSA) is 69.6 Å². The minimum Gasteiger partial charge on any atom is -0.481 e. The smallest absolute Gasteiger partial charge is 0.321 e. The lowest BCUT2D eigenvalue weighted by atomic mass is 10.2. The molecule has 1 atom stereocenters. The number of nitrogens with one attached hydrogen (secondary N) is 1. The van der Waals surface area contributed by atoms with E-state index >= 15 is 0 Å². The molecule has 1 rings (SSSR count). The highest BCUT2D eigenvalue weighted by Gasteiger charge is 2.19. The van der Waals surface area contributed by atoms with Crippen LogP contribution in [-0.4, -0.2) is 35.1 Å². The number of hydrogen-bond donors (Lipinski definition) is 2. The number of nitrogens with zero attached hydrogens (tertiary/aromatic N) is 1. The van der Waals surface area contributed by atoms with Crippen molar-refractivity contribution < 1.29 is 23.5 Å². The Bertz CT molecular complexity index is 488. The van der Waals surface area contributed by atoms with Gasteiger partial charge in [-0.25, -0.2) is 13.6 Å². The van der Waals surface area contributed by atoms with Crippen molar-refractivity contribution in [3.8, 4) is 0 Å². The first-order valence-electron chi connectivity index (χ1n) is 6.08. The second-order valence-corrected chi connectivity index (χ2v) is 4.37. The summed E-state index contributed by atoms with van der Waals surface area (Å²) in [6.07, 6.45) is 0. The zero-order valence-electron chi connectivity index (χ0n) is 11.2. The Balaban J connectivity index is 2.74. The summed E-state index contributed by atoms with van der Waals surface area (Å²) in [4.78, 5) is 23.9. The van der Waals surface area contributed by atoms with Crippen molar-refractivity contribution in [1.29, 1.82) is 0 Å². The van der Waals surface area contributed by atoms with Gasteiger partial charge in [0.1, 0.15) is 11.6 Å². The van der Waals surface area contributed by atoms with E-state index < -0.39 is 29.6 Å². The lowest BCUT2D eigenvalue weighted by Gasteiger charge is -2.23. The van der Waals surface area contributed by atoms with Gasteiger partial charge in [-0.1, -0.05) is 6.92 Å². The van der Waals surface area contributed by atoms with E-state index in [1.54, 1.807) is 6.92 Å². The van der Waals surface area contributed by atoms with Crippen molar-refractivity contribution >= 4 is 17.7 Å². The summed E-state index contributed by atoms with van der Waals surface area (Å²) in [5.41, 5.74) is -0.0195. The highest BCUT2D eigenvalue weighted by molar-refractivity contribution is 5.89. The van der Waals surface area contributed by atoms with E-state index in [1.807, 2.05) is 0 Å². The minimum absolute atomic E-state index is 0.00939. The van der Waals surface area contributed by atoms with Gasteiger partial charge in [0.2, 0.25) is 0 Å². The van der Waals surface area contributed by atoms with Gasteiger partial charge in [0.25, 0.3) is 0 Å². The van der Waals surface area contributed by atoms with Crippen LogP contribution in [0.1, 0.15) is 13.8 Å². The number of carboxylic acids is 1. The zero-order chi connectivity index (χ0) is 15.3. The SMILES string of the molecule is CCN(CC(C)C(=O)O)C(=O)Nc1cc(F)cc(F)c1. The van der Waals surface area contributed by atoms with Gasteiger partial charge < -0.3 is 15.3 Å². The average molecular weight is 286 g/mol. The number of carbonyl (C=O) groups is 2. The maximum Gasteiger partial charge on any atom is 0.321 e. The summed E-state index contributed by atoms with van der Waals surface area (Å²) in [5, 5.41) is 11.1. The Hall–Kier alpha value is -2.18. The molecule has 0 radical (unpaired) electrons. The molecule has 1 unspecified atom stereocenters. The Morgan fingerprint density at radius 2 is 1.85 bits per heavy atom. The number of aliphatic carboxylic acids is 1. The van der Waals surface area contributed by atoms with Gasteiger partial charge in [0.05, 0.1) is 5.92 Å². The first-order chi connectivity index (χ1) is 9.33. The van der Waals surface area contributed by atoms with Crippen LogP contribution in [0.15, 0.2) is 18.2 Å². The Morgan fingerprint density at radius 3 is 2.30 bits per heavy atom. The van der Waals surface area contributed by atoms with E-state index in [1.165, 1.54) is 11.8 Å². The van der Waals surface area contributed by atoms with Crippen LogP contribution in [0.3, 0.4) is 0 Å². The molecule has 2 N–H and O–H groups in total. The van der Waals surface area contributed by atoms with Crippen LogP contribution in [-0.2, 0) is 4.79 Å². The molecule has 0 fully saturated rings. The molecule has 20 heavy (non-hydrogen) atoms. The van der Waals surface area contributed by atoms with Crippen molar-refractivity contribution in [2.45, 2.75) is 13.8 Å². The van der Waals surface area contributed by atoms with Crippen LogP contribution in [0.25, 0.3) is 0 Å². The highest BCUT2D eigenvalue weighted by atomic mass is 19.1. The average Bonchev–Trinajstić information content (AvgIpc) is 2.33. The van der Waals surface area contributed by atoms with Gasteiger partial charge in [0.15, 0.2) is 0 Å². The third-order valence-corrected chi connectivity index (χ3v) is 2.70. The first kappa shape index (κ1) is 15.9. The molecule has 0 aliphatic carbocycles. The molecular formula is C13H16F2N2O3. The molecule has 0 aromatic heterocycles. The molecule has 110 valence electrons. The van der Waals surface area contributed by atoms with Crippen molar-refractivity contribution in [3.63, 3.8) is 0 Å². The normalized spacial score (nSPS) is 11.8. The number of hydrogen-bond acceptors (Lipinski definition) is 2. The van der Waals surface area contributed by atoms with Crippen molar-refractivity contribution in [2.24, 2.45) is 5.92 Å². The number of rotatable bonds is 5. The van der Waals surface area contributed by atoms with Gasteiger partial charge in [0, 0.05) is 24.8 Å². The number of carbonyl (C=O) groups excluding carboxylic acids is 1. The second-order valence-electron chi connectivity index (χ2n) is 4.37. The Morgan fingerprint density at radius 1 is 1.30 bits per heavy atom. The summed E-state index contributed by atoms with van der Waals surface area (Å²) in [6.45, 7) is 3.44. The van der Waals surface area contributed by atoms with E-state index in [0.29, 0.717) is 6.07 Å². The van der Waals surface area contributed by atoms with Crippen molar-refractivity contribution in [2.75, 3.05) is 18.4 Å². The van der Waals surface area contributed by atoms with E-state index in [2.05, 4.69) is 5.32 Å². The molecule has 1 aromatic rings. The number of benzene rings is 1. The molecule has 0 saturated carbocycles. The van der Waals surface area contributed by atoms with Crippen LogP contribution in [0.2, 0.25) is 0 Å². The lowest BCUT2D eigenvalue weighted by molar-refractivity contribution is -0.141. The van der Waals surface area contributed by atoms with E-state index in [-0.39, 0.29) is 18.8 Å². The van der Waals surface area contributed by atoms with Gasteiger partial charge in [-0.2, -0.15) is 0 Å². The summed E-state index contributed by atoms with van der Waals surface area (Å²) in [7, 11) is 0. The quantitative estimate of drug-likeness (QED) is 0.874. The fraction of sp³-hybridized carbons (Fsp3) is 0.385. The molecule has 2 amide bonds. The van der Waals surface area contributed by atoms with E-state index in [4.69, 9.17) is 5.11 Å². The highest BCUT2D eigenvalue weighted by Crippen LogP contribution is 2.14. The van der Waals surface area contributed by atoms with Gasteiger partial charge in [-0.3, -0.25) is 4.79 Å². The van der Waals surface area contributed by atoms with Gasteiger partial charge in [-0.05, 0) is 19.1 Å². The summed E-state index contributed by atoms with van der Waals surface area (Å²) < 4.78 is 26.0. The van der Waals surface area contributed by atoms with E-state index in [0.717, 1.165) is 12.1 Å². The van der Waals surface area contributed by atoms with E-state index in [9.17, 15) is 18.4 Å². The molecule has 0 spiro atoms. The molecule has 7 heteroatoms. The molecule has 0 aliphatic heterocycles. The zero-order valence-corrected chi connectivity index (χ0v) is 11.2. The number of halogens is 2. The Kier molecular flexibility index (Phi) is 5.42. The third-order valence-electron chi connectivity index (χ3n) is 2.70. The first-order valence-corrected chi connectivity index (χ1v) is 6.08. The van der Waals surface area contributed by atoms with Crippen LogP contribution in [0.5, 0.6) is 0 Å². The molecule has 0 aliphatic rings. The fourth-order valence-electron chi connectivity index (χ4n) is 1.59. The summed E-state index contributed by atoms with van der Waals surface area (Å²) >= 11 is 0. The number of carboxylic acid groups (broad SMARTS) is 1. The monoisotopic (exact) mass is 286 g/mol. The van der Waals surface area contributed by atoms with Crippen LogP contribution >= 0.6 is 0 Å². The number of urea groups is 1. The van der Waals surface area contributed by atoms with Crippen LogP contribution in [0, 0.1) is 17.6 Å². The molecule has 0 bridgehead atoms. The molecule has 0 saturated heterocycles. The lowest BCUT2D eigenvalue weighted by Crippen LogP contribution is -2.39. The standard InChI is InChI=1S/C13H16F2N2O3/c1-3-17(7-8(2)12(18)19)13(20)16-11-5-9(14)4-10(15)6-11/h4-6,8H,3,7H2,1-2H3,(H,16,20)(H,18,19). The fourth-order valence-corrected chi connectivity index (χ4v) is 1.59. The summed E-state index contributed by atoms with van der Waals surface area (Å²) in [6, 6.07) is 2.05.